The number of carbonyl (C=O) groups is 2. The maximum atomic E-state index is 12.3. The second kappa shape index (κ2) is 6.36. The minimum Gasteiger partial charge on any atom is -0.365 e. The lowest BCUT2D eigenvalue weighted by Gasteiger charge is -2.26. The molecule has 0 unspecified atom stereocenters. The quantitative estimate of drug-likeness (QED) is 0.502. The van der Waals surface area contributed by atoms with Crippen molar-refractivity contribution in [2.75, 3.05) is 45.1 Å². The molecule has 0 saturated carbocycles. The van der Waals surface area contributed by atoms with Gasteiger partial charge in [0.05, 0.1) is 12.6 Å². The van der Waals surface area contributed by atoms with Crippen LogP contribution in [0.1, 0.15) is 27.2 Å². The molecule has 22 heavy (non-hydrogen) atoms. The van der Waals surface area contributed by atoms with Crippen molar-refractivity contribution < 1.29 is 19.4 Å². The summed E-state index contributed by atoms with van der Waals surface area (Å²) in [5, 5.41) is 3.58. The fourth-order valence-corrected chi connectivity index (χ4v) is 4.67. The lowest BCUT2D eigenvalue weighted by Crippen LogP contribution is -3.27. The summed E-state index contributed by atoms with van der Waals surface area (Å²) in [7, 11) is 2.18. The van der Waals surface area contributed by atoms with E-state index in [9.17, 15) is 9.59 Å². The number of hydrogen-bond donors (Lipinski definition) is 4. The summed E-state index contributed by atoms with van der Waals surface area (Å²) >= 11 is 1.52. The Morgan fingerprint density at radius 1 is 1.23 bits per heavy atom. The number of quaternary nitrogens is 2. The molecule has 2 amide bonds. The fraction of sp³-hybridized carbons (Fsp3) is 0.600. The molecule has 5 N–H and O–H groups in total. The van der Waals surface area contributed by atoms with Crippen molar-refractivity contribution in [3.63, 3.8) is 0 Å². The zero-order chi connectivity index (χ0) is 15.7. The highest BCUT2D eigenvalue weighted by molar-refractivity contribution is 7.17. The Bertz CT molecular complexity index is 591. The molecular weight excluding hydrogens is 300 g/mol. The van der Waals surface area contributed by atoms with Crippen LogP contribution in [-0.2, 0) is 17.6 Å². The molecule has 1 aliphatic heterocycles. The minimum atomic E-state index is -0.426. The number of piperazine rings is 1. The van der Waals surface area contributed by atoms with Crippen LogP contribution in [-0.4, -0.2) is 51.6 Å². The van der Waals surface area contributed by atoms with Crippen molar-refractivity contribution in [2.45, 2.75) is 19.3 Å². The van der Waals surface area contributed by atoms with Crippen LogP contribution < -0.4 is 20.9 Å². The largest absolute Gasteiger partial charge is 0.365 e. The number of thiophene rings is 1. The Kier molecular flexibility index (Phi) is 4.46. The van der Waals surface area contributed by atoms with E-state index in [1.54, 1.807) is 0 Å². The standard InChI is InChI=1S/C15H22N4O2S/c1-18-5-7-19(8-6-18)9-12(20)17-15-13(14(16)21)10-3-2-4-11(10)22-15/h2-9H2,1H3,(H2,16,21)(H,17,20)/p+2. The van der Waals surface area contributed by atoms with Gasteiger partial charge in [-0.2, -0.15) is 0 Å². The van der Waals surface area contributed by atoms with Gasteiger partial charge in [0.25, 0.3) is 11.8 Å². The number of nitrogens with one attached hydrogen (secondary N) is 3. The molecule has 1 aliphatic carbocycles. The number of nitrogens with two attached hydrogens (primary N) is 1. The molecule has 1 aromatic heterocycles. The smallest absolute Gasteiger partial charge is 0.280 e. The number of fused-ring (bicyclic) bond motifs is 1. The third-order valence-electron chi connectivity index (χ3n) is 4.64. The molecule has 0 radical (unpaired) electrons. The van der Waals surface area contributed by atoms with Crippen LogP contribution in [0.4, 0.5) is 5.00 Å². The van der Waals surface area contributed by atoms with Gasteiger partial charge in [-0.25, -0.2) is 0 Å². The van der Waals surface area contributed by atoms with E-state index in [4.69, 9.17) is 5.73 Å². The van der Waals surface area contributed by atoms with Crippen molar-refractivity contribution in [2.24, 2.45) is 5.73 Å². The van der Waals surface area contributed by atoms with E-state index in [1.807, 2.05) is 0 Å². The molecule has 2 heterocycles. The average Bonchev–Trinajstić information content (AvgIpc) is 3.01. The zero-order valence-corrected chi connectivity index (χ0v) is 13.8. The molecule has 6 nitrogen and oxygen atoms in total. The van der Waals surface area contributed by atoms with E-state index < -0.39 is 5.91 Å². The summed E-state index contributed by atoms with van der Waals surface area (Å²) in [4.78, 5) is 28.0. The van der Waals surface area contributed by atoms with Gasteiger partial charge in [0, 0.05) is 4.88 Å². The van der Waals surface area contributed by atoms with Gasteiger partial charge in [-0.15, -0.1) is 11.3 Å². The predicted octanol–water partition coefficient (Wildman–Crippen LogP) is -2.31. The third kappa shape index (κ3) is 3.16. The number of primary amides is 1. The van der Waals surface area contributed by atoms with E-state index in [2.05, 4.69) is 12.4 Å². The molecule has 1 saturated heterocycles. The minimum absolute atomic E-state index is 0.0167. The molecule has 7 heteroatoms. The highest BCUT2D eigenvalue weighted by Gasteiger charge is 2.27. The van der Waals surface area contributed by atoms with Crippen molar-refractivity contribution in [3.05, 3.63) is 16.0 Å². The normalized spacial score (nSPS) is 24.0. The van der Waals surface area contributed by atoms with Crippen LogP contribution in [0.2, 0.25) is 0 Å². The number of amides is 2. The summed E-state index contributed by atoms with van der Waals surface area (Å²) in [6.45, 7) is 4.70. The highest BCUT2D eigenvalue weighted by Crippen LogP contribution is 2.38. The number of hydrogen-bond acceptors (Lipinski definition) is 3. The topological polar surface area (TPSA) is 81.1 Å². The Labute approximate surface area is 134 Å². The van der Waals surface area contributed by atoms with Gasteiger partial charge >= 0.3 is 0 Å². The maximum Gasteiger partial charge on any atom is 0.280 e. The van der Waals surface area contributed by atoms with E-state index in [-0.39, 0.29) is 5.91 Å². The monoisotopic (exact) mass is 324 g/mol. The van der Waals surface area contributed by atoms with Crippen LogP contribution in [0.25, 0.3) is 0 Å². The average molecular weight is 324 g/mol. The van der Waals surface area contributed by atoms with Gasteiger partial charge in [0.2, 0.25) is 0 Å². The number of aryl methyl sites for hydroxylation is 1. The molecule has 0 spiro atoms. The third-order valence-corrected chi connectivity index (χ3v) is 5.85. The number of carbonyl (C=O) groups excluding carboxylic acids is 2. The molecule has 1 aromatic rings. The molecule has 1 fully saturated rings. The lowest BCUT2D eigenvalue weighted by molar-refractivity contribution is -0.999. The summed E-state index contributed by atoms with van der Waals surface area (Å²) in [5.74, 6) is -0.442. The van der Waals surface area contributed by atoms with E-state index in [0.717, 1.165) is 51.0 Å². The van der Waals surface area contributed by atoms with Gasteiger partial charge in [-0.05, 0) is 24.8 Å². The number of anilines is 1. The van der Waals surface area contributed by atoms with Crippen LogP contribution >= 0.6 is 11.3 Å². The van der Waals surface area contributed by atoms with Gasteiger partial charge in [-0.3, -0.25) is 9.59 Å². The molecule has 3 rings (SSSR count). The number of likely N-dealkylation sites (N-methyl/N-ethyl adjacent to an activating group) is 1. The second-order valence-corrected chi connectivity index (χ2v) is 7.46. The Balaban J connectivity index is 1.66. The van der Waals surface area contributed by atoms with Crippen molar-refractivity contribution >= 4 is 28.2 Å². The van der Waals surface area contributed by atoms with Gasteiger partial charge < -0.3 is 20.9 Å². The number of rotatable bonds is 4. The van der Waals surface area contributed by atoms with Gasteiger partial charge in [0.1, 0.15) is 31.2 Å². The second-order valence-electron chi connectivity index (χ2n) is 6.36. The first-order valence-electron chi connectivity index (χ1n) is 7.93. The molecule has 0 bridgehead atoms. The summed E-state index contributed by atoms with van der Waals surface area (Å²) in [6, 6.07) is 0. The first kappa shape index (κ1) is 15.5. The maximum absolute atomic E-state index is 12.3. The molecule has 120 valence electrons. The van der Waals surface area contributed by atoms with Crippen molar-refractivity contribution in [1.29, 1.82) is 0 Å². The SMILES string of the molecule is C[NH+]1CC[NH+](CC(=O)Nc2sc3c(c2C(N)=O)CCC3)CC1. The Morgan fingerprint density at radius 2 is 1.95 bits per heavy atom. The fourth-order valence-electron chi connectivity index (χ4n) is 3.36. The predicted molar refractivity (Wildman–Crippen MR) is 85.7 cm³/mol. The first-order chi connectivity index (χ1) is 10.5. The molecule has 0 atom stereocenters. The van der Waals surface area contributed by atoms with Crippen LogP contribution in [0, 0.1) is 0 Å². The van der Waals surface area contributed by atoms with Crippen LogP contribution in [0.5, 0.6) is 0 Å². The molecular formula is C15H24N4O2S+2. The van der Waals surface area contributed by atoms with E-state index in [0.29, 0.717) is 17.1 Å². The van der Waals surface area contributed by atoms with Crippen molar-refractivity contribution in [3.8, 4) is 0 Å². The zero-order valence-electron chi connectivity index (χ0n) is 13.0. The van der Waals surface area contributed by atoms with Gasteiger partial charge in [-0.1, -0.05) is 0 Å². The van der Waals surface area contributed by atoms with Crippen LogP contribution in [0.3, 0.4) is 0 Å². The summed E-state index contributed by atoms with van der Waals surface area (Å²) in [6.07, 6.45) is 2.96. The highest BCUT2D eigenvalue weighted by atomic mass is 32.1. The van der Waals surface area contributed by atoms with Crippen molar-refractivity contribution in [1.82, 2.24) is 0 Å². The van der Waals surface area contributed by atoms with E-state index >= 15 is 0 Å². The Morgan fingerprint density at radius 3 is 2.64 bits per heavy atom. The van der Waals surface area contributed by atoms with Gasteiger partial charge in [0.15, 0.2) is 6.54 Å². The van der Waals surface area contributed by atoms with E-state index in [1.165, 1.54) is 26.0 Å². The summed E-state index contributed by atoms with van der Waals surface area (Å²) < 4.78 is 0. The lowest BCUT2D eigenvalue weighted by atomic mass is 10.1. The Hall–Kier alpha value is -1.44. The molecule has 2 aliphatic rings. The first-order valence-corrected chi connectivity index (χ1v) is 8.75. The van der Waals surface area contributed by atoms with Crippen LogP contribution in [0.15, 0.2) is 0 Å². The molecule has 0 aromatic carbocycles. The summed E-state index contributed by atoms with van der Waals surface area (Å²) in [5.41, 5.74) is 7.12.